The van der Waals surface area contributed by atoms with Crippen molar-refractivity contribution in [2.75, 3.05) is 25.0 Å². The first kappa shape index (κ1) is 15.0. The summed E-state index contributed by atoms with van der Waals surface area (Å²) in [6.45, 7) is 3.74. The normalized spacial score (nSPS) is 22.6. The summed E-state index contributed by atoms with van der Waals surface area (Å²) in [7, 11) is 1.67. The van der Waals surface area contributed by atoms with Gasteiger partial charge in [0.1, 0.15) is 5.82 Å². The summed E-state index contributed by atoms with van der Waals surface area (Å²) in [5, 5.41) is 3.32. The van der Waals surface area contributed by atoms with E-state index in [0.717, 1.165) is 32.2 Å². The van der Waals surface area contributed by atoms with Crippen LogP contribution in [0.3, 0.4) is 0 Å². The largest absolute Gasteiger partial charge is 0.316 e. The van der Waals surface area contributed by atoms with Crippen LogP contribution < -0.4 is 10.2 Å². The average Bonchev–Trinajstić information content (AvgIpc) is 2.47. The lowest BCUT2D eigenvalue weighted by Crippen LogP contribution is -2.51. The Morgan fingerprint density at radius 2 is 2.20 bits per heavy atom. The topological polar surface area (TPSA) is 32.3 Å². The summed E-state index contributed by atoms with van der Waals surface area (Å²) < 4.78 is 13.9. The van der Waals surface area contributed by atoms with Gasteiger partial charge in [0.15, 0.2) is 0 Å². The van der Waals surface area contributed by atoms with Crippen molar-refractivity contribution in [3.8, 4) is 0 Å². The zero-order valence-electron chi connectivity index (χ0n) is 12.3. The lowest BCUT2D eigenvalue weighted by atomic mass is 9.75. The standard InChI is InChI=1S/C16H23FN2O/c1-3-9-16(10-6-11-18-12-16)15(20)19(2)14-8-5-4-7-13(14)17/h4-5,7-8,18H,3,6,9-12H2,1-2H3. The molecular formula is C16H23FN2O. The SMILES string of the molecule is CCCC1(C(=O)N(C)c2ccccc2F)CCCNC1. The Morgan fingerprint density at radius 1 is 1.45 bits per heavy atom. The van der Waals surface area contributed by atoms with Gasteiger partial charge in [0.05, 0.1) is 11.1 Å². The number of hydrogen-bond donors (Lipinski definition) is 1. The minimum Gasteiger partial charge on any atom is -0.316 e. The van der Waals surface area contributed by atoms with E-state index in [-0.39, 0.29) is 17.1 Å². The molecule has 0 aromatic heterocycles. The van der Waals surface area contributed by atoms with Crippen molar-refractivity contribution in [2.24, 2.45) is 5.41 Å². The number of amides is 1. The molecule has 110 valence electrons. The molecule has 0 aliphatic carbocycles. The van der Waals surface area contributed by atoms with Crippen molar-refractivity contribution in [3.05, 3.63) is 30.1 Å². The van der Waals surface area contributed by atoms with Gasteiger partial charge in [-0.05, 0) is 37.9 Å². The second kappa shape index (κ2) is 6.35. The van der Waals surface area contributed by atoms with Gasteiger partial charge in [0, 0.05) is 13.6 Å². The summed E-state index contributed by atoms with van der Waals surface area (Å²) in [5.41, 5.74) is -0.0251. The molecule has 1 aliphatic heterocycles. The Kier molecular flexibility index (Phi) is 4.76. The summed E-state index contributed by atoms with van der Waals surface area (Å²) in [5.74, 6) is -0.324. The zero-order chi connectivity index (χ0) is 14.6. The van der Waals surface area contributed by atoms with Crippen LogP contribution in [0.4, 0.5) is 10.1 Å². The van der Waals surface area contributed by atoms with Gasteiger partial charge in [0.25, 0.3) is 0 Å². The van der Waals surface area contributed by atoms with Crippen LogP contribution in [0.15, 0.2) is 24.3 Å². The third-order valence-electron chi connectivity index (χ3n) is 4.17. The summed E-state index contributed by atoms with van der Waals surface area (Å²) in [4.78, 5) is 14.4. The molecule has 2 rings (SSSR count). The van der Waals surface area contributed by atoms with E-state index in [1.54, 1.807) is 25.2 Å². The monoisotopic (exact) mass is 278 g/mol. The van der Waals surface area contributed by atoms with Crippen LogP contribution in [0.5, 0.6) is 0 Å². The lowest BCUT2D eigenvalue weighted by molar-refractivity contribution is -0.129. The van der Waals surface area contributed by atoms with Crippen molar-refractivity contribution in [1.82, 2.24) is 5.32 Å². The van der Waals surface area contributed by atoms with E-state index in [1.807, 2.05) is 0 Å². The van der Waals surface area contributed by atoms with Gasteiger partial charge in [-0.3, -0.25) is 4.79 Å². The number of para-hydroxylation sites is 1. The van der Waals surface area contributed by atoms with Gasteiger partial charge < -0.3 is 10.2 Å². The Labute approximate surface area is 120 Å². The third kappa shape index (κ3) is 2.85. The molecule has 1 saturated heterocycles. The third-order valence-corrected chi connectivity index (χ3v) is 4.17. The molecule has 1 amide bonds. The van der Waals surface area contributed by atoms with Gasteiger partial charge in [-0.15, -0.1) is 0 Å². The van der Waals surface area contributed by atoms with E-state index in [1.165, 1.54) is 11.0 Å². The Morgan fingerprint density at radius 3 is 2.80 bits per heavy atom. The molecule has 20 heavy (non-hydrogen) atoms. The summed E-state index contributed by atoms with van der Waals surface area (Å²) in [6.07, 6.45) is 3.68. The molecule has 1 fully saturated rings. The molecular weight excluding hydrogens is 255 g/mol. The fourth-order valence-electron chi connectivity index (χ4n) is 3.14. The first-order chi connectivity index (χ1) is 9.60. The van der Waals surface area contributed by atoms with Crippen LogP contribution in [0.25, 0.3) is 0 Å². The molecule has 0 spiro atoms. The molecule has 0 radical (unpaired) electrons. The predicted octanol–water partition coefficient (Wildman–Crippen LogP) is 2.96. The Bertz CT molecular complexity index is 464. The van der Waals surface area contributed by atoms with E-state index in [4.69, 9.17) is 0 Å². The van der Waals surface area contributed by atoms with Gasteiger partial charge >= 0.3 is 0 Å². The fraction of sp³-hybridized carbons (Fsp3) is 0.562. The number of nitrogens with one attached hydrogen (secondary N) is 1. The highest BCUT2D eigenvalue weighted by Crippen LogP contribution is 2.35. The van der Waals surface area contributed by atoms with Crippen LogP contribution in [-0.2, 0) is 4.79 Å². The van der Waals surface area contributed by atoms with E-state index in [9.17, 15) is 9.18 Å². The molecule has 4 heteroatoms. The number of carbonyl (C=O) groups is 1. The molecule has 1 aromatic carbocycles. The van der Waals surface area contributed by atoms with Crippen molar-refractivity contribution in [2.45, 2.75) is 32.6 Å². The lowest BCUT2D eigenvalue weighted by Gasteiger charge is -2.39. The molecule has 1 heterocycles. The van der Waals surface area contributed by atoms with Gasteiger partial charge in [0.2, 0.25) is 5.91 Å². The summed E-state index contributed by atoms with van der Waals surface area (Å²) >= 11 is 0. The minimum atomic E-state index is -0.385. The van der Waals surface area contributed by atoms with Crippen LogP contribution in [-0.4, -0.2) is 26.0 Å². The average molecular weight is 278 g/mol. The highest BCUT2D eigenvalue weighted by Gasteiger charge is 2.41. The number of anilines is 1. The van der Waals surface area contributed by atoms with Crippen LogP contribution in [0, 0.1) is 11.2 Å². The maximum atomic E-state index is 13.9. The van der Waals surface area contributed by atoms with Gasteiger partial charge in [-0.25, -0.2) is 4.39 Å². The van der Waals surface area contributed by atoms with Crippen LogP contribution in [0.2, 0.25) is 0 Å². The molecule has 1 unspecified atom stereocenters. The number of piperidine rings is 1. The number of nitrogens with zero attached hydrogens (tertiary/aromatic N) is 1. The molecule has 3 nitrogen and oxygen atoms in total. The smallest absolute Gasteiger partial charge is 0.234 e. The molecule has 0 bridgehead atoms. The first-order valence-electron chi connectivity index (χ1n) is 7.34. The first-order valence-corrected chi connectivity index (χ1v) is 7.34. The van der Waals surface area contributed by atoms with Crippen molar-refractivity contribution >= 4 is 11.6 Å². The van der Waals surface area contributed by atoms with Crippen molar-refractivity contribution in [3.63, 3.8) is 0 Å². The maximum Gasteiger partial charge on any atom is 0.234 e. The second-order valence-corrected chi connectivity index (χ2v) is 5.63. The summed E-state index contributed by atoms with van der Waals surface area (Å²) in [6, 6.07) is 6.45. The number of rotatable bonds is 4. The quantitative estimate of drug-likeness (QED) is 0.918. The van der Waals surface area contributed by atoms with Gasteiger partial charge in [-0.1, -0.05) is 25.5 Å². The molecule has 0 saturated carbocycles. The van der Waals surface area contributed by atoms with Crippen molar-refractivity contribution in [1.29, 1.82) is 0 Å². The van der Waals surface area contributed by atoms with Crippen molar-refractivity contribution < 1.29 is 9.18 Å². The Balaban J connectivity index is 2.25. The van der Waals surface area contributed by atoms with Crippen LogP contribution in [0.1, 0.15) is 32.6 Å². The Hall–Kier alpha value is -1.42. The van der Waals surface area contributed by atoms with Crippen LogP contribution >= 0.6 is 0 Å². The fourth-order valence-corrected chi connectivity index (χ4v) is 3.14. The maximum absolute atomic E-state index is 13.9. The number of halogens is 1. The molecule has 1 aliphatic rings. The molecule has 1 N–H and O–H groups in total. The number of carbonyl (C=O) groups excluding carboxylic acids is 1. The molecule has 1 aromatic rings. The highest BCUT2D eigenvalue weighted by atomic mass is 19.1. The number of hydrogen-bond acceptors (Lipinski definition) is 2. The van der Waals surface area contributed by atoms with E-state index >= 15 is 0 Å². The van der Waals surface area contributed by atoms with E-state index in [0.29, 0.717) is 12.2 Å². The predicted molar refractivity (Wildman–Crippen MR) is 79.3 cm³/mol. The van der Waals surface area contributed by atoms with E-state index < -0.39 is 0 Å². The zero-order valence-corrected chi connectivity index (χ0v) is 12.3. The minimum absolute atomic E-state index is 0.0247. The van der Waals surface area contributed by atoms with E-state index in [2.05, 4.69) is 12.2 Å². The second-order valence-electron chi connectivity index (χ2n) is 5.63. The molecule has 1 atom stereocenters. The highest BCUT2D eigenvalue weighted by molar-refractivity contribution is 5.97. The number of benzene rings is 1. The van der Waals surface area contributed by atoms with Gasteiger partial charge in [-0.2, -0.15) is 0 Å².